The second kappa shape index (κ2) is 6.06. The minimum absolute atomic E-state index is 0.182. The molecule has 0 spiro atoms. The number of hydrogen-bond donors (Lipinski definition) is 1. The van der Waals surface area contributed by atoms with E-state index in [0.717, 1.165) is 23.3 Å². The first-order chi connectivity index (χ1) is 8.41. The van der Waals surface area contributed by atoms with Crippen LogP contribution in [0.4, 0.5) is 4.39 Å². The highest BCUT2D eigenvalue weighted by Crippen LogP contribution is 2.24. The van der Waals surface area contributed by atoms with Gasteiger partial charge in [-0.1, -0.05) is 38.9 Å². The number of rotatable bonds is 5. The minimum atomic E-state index is -1.79. The molecule has 0 aromatic carbocycles. The lowest BCUT2D eigenvalue weighted by molar-refractivity contribution is 0.624. The summed E-state index contributed by atoms with van der Waals surface area (Å²) in [5, 5.41) is 8.46. The zero-order chi connectivity index (χ0) is 13.9. The van der Waals surface area contributed by atoms with Gasteiger partial charge in [0.25, 0.3) is 0 Å². The Morgan fingerprint density at radius 3 is 2.22 bits per heavy atom. The summed E-state index contributed by atoms with van der Waals surface area (Å²) in [4.78, 5) is 4.09. The number of pyridine rings is 1. The first-order valence-electron chi connectivity index (χ1n) is 6.33. The van der Waals surface area contributed by atoms with E-state index in [4.69, 9.17) is 5.41 Å². The van der Waals surface area contributed by atoms with Crippen molar-refractivity contribution in [3.8, 4) is 0 Å². The predicted molar refractivity (Wildman–Crippen MR) is 81.2 cm³/mol. The Balaban J connectivity index is 3.53. The van der Waals surface area contributed by atoms with Gasteiger partial charge >= 0.3 is 0 Å². The molecule has 1 rings (SSSR count). The van der Waals surface area contributed by atoms with E-state index in [9.17, 15) is 4.39 Å². The number of aromatic nitrogens is 1. The third kappa shape index (κ3) is 2.72. The van der Waals surface area contributed by atoms with E-state index in [-0.39, 0.29) is 17.2 Å². The molecule has 0 radical (unpaired) electrons. The van der Waals surface area contributed by atoms with Gasteiger partial charge in [0.05, 0.1) is 13.8 Å². The second-order valence-corrected chi connectivity index (χ2v) is 10.7. The number of halogens is 2. The van der Waals surface area contributed by atoms with Gasteiger partial charge in [-0.3, -0.25) is 0 Å². The molecule has 1 N–H and O–H groups in total. The van der Waals surface area contributed by atoms with E-state index in [1.807, 2.05) is 6.07 Å². The van der Waals surface area contributed by atoms with Crippen molar-refractivity contribution < 1.29 is 4.39 Å². The molecule has 2 nitrogen and oxygen atoms in total. The van der Waals surface area contributed by atoms with Crippen molar-refractivity contribution in [1.82, 2.24) is 4.98 Å². The Labute approximate surface area is 118 Å². The zero-order valence-corrected chi connectivity index (χ0v) is 14.0. The maximum absolute atomic E-state index is 14.6. The van der Waals surface area contributed by atoms with E-state index in [1.54, 1.807) is 6.92 Å². The highest BCUT2D eigenvalue weighted by molar-refractivity contribution is 9.10. The number of nitrogens with zero attached hydrogens (tertiary/aromatic N) is 1. The van der Waals surface area contributed by atoms with Crippen molar-refractivity contribution in [1.29, 1.82) is 5.41 Å². The summed E-state index contributed by atoms with van der Waals surface area (Å²) in [6.45, 7) is 8.01. The van der Waals surface area contributed by atoms with Gasteiger partial charge in [0.1, 0.15) is 16.1 Å². The van der Waals surface area contributed by atoms with Gasteiger partial charge in [-0.05, 0) is 34.1 Å². The average molecular weight is 331 g/mol. The van der Waals surface area contributed by atoms with Crippen LogP contribution < -0.4 is 5.19 Å². The molecule has 100 valence electrons. The lowest BCUT2D eigenvalue weighted by Gasteiger charge is -2.29. The van der Waals surface area contributed by atoms with Gasteiger partial charge in [0, 0.05) is 0 Å². The van der Waals surface area contributed by atoms with Crippen molar-refractivity contribution in [2.45, 2.75) is 45.8 Å². The maximum atomic E-state index is 14.6. The molecule has 0 saturated heterocycles. The van der Waals surface area contributed by atoms with Crippen molar-refractivity contribution >= 4 is 34.9 Å². The standard InChI is InChI=1S/C13H20BrFN2Si/c1-5-18(6-2,7-3)10-8-11(14)17-13(9(4)16)12(10)15/h8,16H,5-7H2,1-4H3. The first-order valence-corrected chi connectivity index (χ1v) is 9.75. The van der Waals surface area contributed by atoms with E-state index in [1.165, 1.54) is 0 Å². The van der Waals surface area contributed by atoms with Crippen molar-refractivity contribution in [2.24, 2.45) is 0 Å². The molecule has 1 heterocycles. The van der Waals surface area contributed by atoms with Crippen LogP contribution >= 0.6 is 15.9 Å². The quantitative estimate of drug-likeness (QED) is 0.492. The molecular formula is C13H20BrFN2Si. The Morgan fingerprint density at radius 1 is 1.33 bits per heavy atom. The molecule has 0 saturated carbocycles. The topological polar surface area (TPSA) is 36.7 Å². The Hall–Kier alpha value is -0.553. The third-order valence-corrected chi connectivity index (χ3v) is 9.86. The van der Waals surface area contributed by atoms with Crippen LogP contribution in [-0.2, 0) is 0 Å². The molecule has 0 aliphatic heterocycles. The molecule has 18 heavy (non-hydrogen) atoms. The van der Waals surface area contributed by atoms with Crippen molar-refractivity contribution in [3.05, 3.63) is 22.2 Å². The summed E-state index contributed by atoms with van der Waals surface area (Å²) in [6.07, 6.45) is 0. The van der Waals surface area contributed by atoms with Gasteiger partial charge in [0.15, 0.2) is 0 Å². The molecule has 0 aliphatic carbocycles. The Morgan fingerprint density at radius 2 is 1.83 bits per heavy atom. The van der Waals surface area contributed by atoms with Crippen LogP contribution in [0, 0.1) is 11.2 Å². The fourth-order valence-electron chi connectivity index (χ4n) is 2.45. The molecule has 0 bridgehead atoms. The fourth-order valence-corrected chi connectivity index (χ4v) is 6.74. The molecule has 0 fully saturated rings. The van der Waals surface area contributed by atoms with Crippen LogP contribution in [0.15, 0.2) is 10.7 Å². The molecule has 0 unspecified atom stereocenters. The third-order valence-electron chi connectivity index (χ3n) is 3.88. The Kier molecular flexibility index (Phi) is 5.22. The van der Waals surface area contributed by atoms with Crippen LogP contribution in [0.25, 0.3) is 0 Å². The van der Waals surface area contributed by atoms with Crippen LogP contribution in [0.2, 0.25) is 18.1 Å². The number of nitrogens with one attached hydrogen (secondary N) is 1. The van der Waals surface area contributed by atoms with Crippen LogP contribution in [0.3, 0.4) is 0 Å². The molecular weight excluding hydrogens is 311 g/mol. The van der Waals surface area contributed by atoms with E-state index in [0.29, 0.717) is 4.60 Å². The van der Waals surface area contributed by atoms with Crippen molar-refractivity contribution in [3.63, 3.8) is 0 Å². The van der Waals surface area contributed by atoms with Gasteiger partial charge in [-0.15, -0.1) is 0 Å². The lowest BCUT2D eigenvalue weighted by Crippen LogP contribution is -2.48. The van der Waals surface area contributed by atoms with E-state index in [2.05, 4.69) is 41.7 Å². The summed E-state index contributed by atoms with van der Waals surface area (Å²) in [7, 11) is -1.79. The largest absolute Gasteiger partial charge is 0.303 e. The normalized spacial score (nSPS) is 11.7. The zero-order valence-electron chi connectivity index (χ0n) is 11.4. The maximum Gasteiger partial charge on any atom is 0.150 e. The Bertz CT molecular complexity index is 450. The van der Waals surface area contributed by atoms with E-state index >= 15 is 0 Å². The van der Waals surface area contributed by atoms with Crippen LogP contribution in [0.5, 0.6) is 0 Å². The van der Waals surface area contributed by atoms with Crippen molar-refractivity contribution in [2.75, 3.05) is 0 Å². The van der Waals surface area contributed by atoms with Crippen LogP contribution in [0.1, 0.15) is 33.4 Å². The highest BCUT2D eigenvalue weighted by Gasteiger charge is 2.33. The SMILES string of the molecule is CC[Si](CC)(CC)c1cc(Br)nc(C(C)=N)c1F. The summed E-state index contributed by atoms with van der Waals surface area (Å²) in [5.74, 6) is -0.275. The summed E-state index contributed by atoms with van der Waals surface area (Å²) >= 11 is 3.34. The second-order valence-electron chi connectivity index (χ2n) is 4.62. The van der Waals surface area contributed by atoms with Gasteiger partial charge in [0.2, 0.25) is 0 Å². The number of hydrogen-bond acceptors (Lipinski definition) is 2. The molecule has 0 aliphatic rings. The monoisotopic (exact) mass is 330 g/mol. The predicted octanol–water partition coefficient (Wildman–Crippen LogP) is 4.09. The van der Waals surface area contributed by atoms with Gasteiger partial charge in [-0.2, -0.15) is 0 Å². The summed E-state index contributed by atoms with van der Waals surface area (Å²) in [5.41, 5.74) is 0.368. The molecule has 5 heteroatoms. The van der Waals surface area contributed by atoms with Gasteiger partial charge in [-0.25, -0.2) is 9.37 Å². The lowest BCUT2D eigenvalue weighted by atomic mass is 10.2. The van der Waals surface area contributed by atoms with E-state index < -0.39 is 8.07 Å². The highest BCUT2D eigenvalue weighted by atomic mass is 79.9. The van der Waals surface area contributed by atoms with Crippen LogP contribution in [-0.4, -0.2) is 18.8 Å². The molecule has 1 aromatic rings. The molecule has 1 aromatic heterocycles. The molecule has 0 atom stereocenters. The minimum Gasteiger partial charge on any atom is -0.303 e. The first kappa shape index (κ1) is 15.5. The van der Waals surface area contributed by atoms with Gasteiger partial charge < -0.3 is 5.41 Å². The molecule has 0 amide bonds. The summed E-state index contributed by atoms with van der Waals surface area (Å²) in [6, 6.07) is 4.88. The smallest absolute Gasteiger partial charge is 0.150 e. The fraction of sp³-hybridized carbons (Fsp3) is 0.538. The summed E-state index contributed by atoms with van der Waals surface area (Å²) < 4.78 is 15.2. The average Bonchev–Trinajstić information content (AvgIpc) is 2.35.